The minimum atomic E-state index is -0.425. The molecular formula is C23H29N5O3. The number of benzene rings is 1. The number of non-ortho nitro benzene ring substituents is 1. The van der Waals surface area contributed by atoms with Crippen molar-refractivity contribution in [1.29, 1.82) is 0 Å². The number of nitro benzene ring substituents is 1. The third kappa shape index (κ3) is 5.02. The molecule has 1 amide bonds. The smallest absolute Gasteiger partial charge is 0.270 e. The number of nitro groups is 1. The Balaban J connectivity index is 1.48. The van der Waals surface area contributed by atoms with E-state index in [-0.39, 0.29) is 11.6 Å². The van der Waals surface area contributed by atoms with Crippen LogP contribution < -0.4 is 4.90 Å². The van der Waals surface area contributed by atoms with E-state index in [1.807, 2.05) is 17.0 Å². The molecule has 1 aromatic carbocycles. The number of carbonyl (C=O) groups excluding carboxylic acids is 1. The molecule has 0 spiro atoms. The lowest BCUT2D eigenvalue weighted by Gasteiger charge is -2.37. The van der Waals surface area contributed by atoms with E-state index in [9.17, 15) is 14.9 Å². The molecule has 0 N–H and O–H groups in total. The van der Waals surface area contributed by atoms with E-state index >= 15 is 0 Å². The van der Waals surface area contributed by atoms with Crippen LogP contribution in [0.5, 0.6) is 0 Å². The second-order valence-corrected chi connectivity index (χ2v) is 8.55. The molecule has 0 saturated carbocycles. The summed E-state index contributed by atoms with van der Waals surface area (Å²) < 4.78 is 0. The number of pyridine rings is 1. The maximum Gasteiger partial charge on any atom is 0.270 e. The minimum Gasteiger partial charge on any atom is -0.371 e. The molecule has 0 unspecified atom stereocenters. The predicted molar refractivity (Wildman–Crippen MR) is 119 cm³/mol. The molecule has 0 aliphatic carbocycles. The summed E-state index contributed by atoms with van der Waals surface area (Å²) in [7, 11) is 0. The molecule has 31 heavy (non-hydrogen) atoms. The molecule has 2 saturated heterocycles. The standard InChI is InChI=1S/C23H29N5O3/c1-18-6-10-26(11-7-18)22-3-2-20(28(30)31)16-21(22)23(29)27-14-12-25(13-15-27)17-19-4-8-24-9-5-19/h2-5,8-9,16,18H,6-7,10-15,17H2,1H3. The van der Waals surface area contributed by atoms with Gasteiger partial charge in [0.15, 0.2) is 0 Å². The van der Waals surface area contributed by atoms with Crippen molar-refractivity contribution in [3.8, 4) is 0 Å². The van der Waals surface area contributed by atoms with E-state index < -0.39 is 4.92 Å². The first-order valence-electron chi connectivity index (χ1n) is 10.9. The molecule has 0 radical (unpaired) electrons. The van der Waals surface area contributed by atoms with Gasteiger partial charge in [0.05, 0.1) is 16.2 Å². The first-order chi connectivity index (χ1) is 15.0. The predicted octanol–water partition coefficient (Wildman–Crippen LogP) is 3.18. The fourth-order valence-electron chi connectivity index (χ4n) is 4.36. The third-order valence-corrected chi connectivity index (χ3v) is 6.36. The van der Waals surface area contributed by atoms with Crippen molar-refractivity contribution >= 4 is 17.3 Å². The Morgan fingerprint density at radius 2 is 1.74 bits per heavy atom. The van der Waals surface area contributed by atoms with Crippen molar-refractivity contribution in [2.45, 2.75) is 26.3 Å². The largest absolute Gasteiger partial charge is 0.371 e. The van der Waals surface area contributed by atoms with Crippen molar-refractivity contribution in [2.24, 2.45) is 5.92 Å². The molecule has 0 atom stereocenters. The number of anilines is 1. The average molecular weight is 424 g/mol. The molecule has 0 bridgehead atoms. The second kappa shape index (κ2) is 9.43. The number of rotatable bonds is 5. The summed E-state index contributed by atoms with van der Waals surface area (Å²) in [6, 6.07) is 8.73. The summed E-state index contributed by atoms with van der Waals surface area (Å²) in [4.78, 5) is 34.8. The number of amides is 1. The number of hydrogen-bond acceptors (Lipinski definition) is 6. The molecular weight excluding hydrogens is 394 g/mol. The number of aromatic nitrogens is 1. The van der Waals surface area contributed by atoms with E-state index in [2.05, 4.69) is 21.7 Å². The van der Waals surface area contributed by atoms with Crippen LogP contribution in [0, 0.1) is 16.0 Å². The lowest BCUT2D eigenvalue weighted by Crippen LogP contribution is -2.48. The molecule has 164 valence electrons. The molecule has 3 heterocycles. The van der Waals surface area contributed by atoms with Gasteiger partial charge in [-0.1, -0.05) is 6.92 Å². The van der Waals surface area contributed by atoms with E-state index in [0.717, 1.165) is 51.3 Å². The Bertz CT molecular complexity index is 920. The zero-order chi connectivity index (χ0) is 21.8. The lowest BCUT2D eigenvalue weighted by atomic mass is 9.97. The maximum atomic E-state index is 13.4. The molecule has 2 aliphatic rings. The zero-order valence-electron chi connectivity index (χ0n) is 17.9. The van der Waals surface area contributed by atoms with Gasteiger partial charge < -0.3 is 9.80 Å². The van der Waals surface area contributed by atoms with Crippen LogP contribution in [0.25, 0.3) is 0 Å². The summed E-state index contributed by atoms with van der Waals surface area (Å²) in [6.07, 6.45) is 5.72. The zero-order valence-corrected chi connectivity index (χ0v) is 17.9. The van der Waals surface area contributed by atoms with Crippen LogP contribution in [0.2, 0.25) is 0 Å². The highest BCUT2D eigenvalue weighted by Gasteiger charge is 2.28. The van der Waals surface area contributed by atoms with Gasteiger partial charge in [-0.15, -0.1) is 0 Å². The molecule has 2 aromatic rings. The van der Waals surface area contributed by atoms with Gasteiger partial charge in [0, 0.05) is 70.3 Å². The fourth-order valence-corrected chi connectivity index (χ4v) is 4.36. The van der Waals surface area contributed by atoms with Gasteiger partial charge in [-0.2, -0.15) is 0 Å². The van der Waals surface area contributed by atoms with Crippen molar-refractivity contribution in [2.75, 3.05) is 44.2 Å². The van der Waals surface area contributed by atoms with Gasteiger partial charge in [0.1, 0.15) is 0 Å². The number of carbonyl (C=O) groups is 1. The van der Waals surface area contributed by atoms with Crippen LogP contribution in [-0.4, -0.2) is 64.9 Å². The quantitative estimate of drug-likeness (QED) is 0.543. The van der Waals surface area contributed by atoms with Crippen molar-refractivity contribution in [3.63, 3.8) is 0 Å². The normalized spacial score (nSPS) is 18.2. The molecule has 4 rings (SSSR count). The van der Waals surface area contributed by atoms with Gasteiger partial charge in [0.25, 0.3) is 11.6 Å². The van der Waals surface area contributed by atoms with Crippen LogP contribution in [0.15, 0.2) is 42.7 Å². The maximum absolute atomic E-state index is 13.4. The van der Waals surface area contributed by atoms with Crippen LogP contribution in [0.4, 0.5) is 11.4 Å². The SMILES string of the molecule is CC1CCN(c2ccc([N+](=O)[O-])cc2C(=O)N2CCN(Cc3ccncc3)CC2)CC1. The molecule has 1 aromatic heterocycles. The highest BCUT2D eigenvalue weighted by Crippen LogP contribution is 2.30. The molecule has 2 fully saturated rings. The summed E-state index contributed by atoms with van der Waals surface area (Å²) in [5.41, 5.74) is 2.44. The Morgan fingerprint density at radius 3 is 2.39 bits per heavy atom. The number of nitrogens with zero attached hydrogens (tertiary/aromatic N) is 5. The summed E-state index contributed by atoms with van der Waals surface area (Å²) in [6.45, 7) is 7.60. The van der Waals surface area contributed by atoms with Gasteiger partial charge >= 0.3 is 0 Å². The number of hydrogen-bond donors (Lipinski definition) is 0. The first-order valence-corrected chi connectivity index (χ1v) is 10.9. The minimum absolute atomic E-state index is 0.0335. The summed E-state index contributed by atoms with van der Waals surface area (Å²) in [5.74, 6) is 0.558. The second-order valence-electron chi connectivity index (χ2n) is 8.55. The molecule has 2 aliphatic heterocycles. The van der Waals surface area contributed by atoms with E-state index in [0.29, 0.717) is 24.6 Å². The van der Waals surface area contributed by atoms with Crippen molar-refractivity contribution < 1.29 is 9.72 Å². The Hall–Kier alpha value is -3.00. The van der Waals surface area contributed by atoms with Crippen LogP contribution in [0.3, 0.4) is 0 Å². The molecule has 8 heteroatoms. The summed E-state index contributed by atoms with van der Waals surface area (Å²) >= 11 is 0. The van der Waals surface area contributed by atoms with Crippen LogP contribution in [-0.2, 0) is 6.54 Å². The number of piperidine rings is 1. The van der Waals surface area contributed by atoms with E-state index in [4.69, 9.17) is 0 Å². The highest BCUT2D eigenvalue weighted by molar-refractivity contribution is 6.00. The Labute approximate surface area is 182 Å². The van der Waals surface area contributed by atoms with Crippen LogP contribution in [0.1, 0.15) is 35.7 Å². The average Bonchev–Trinajstić information content (AvgIpc) is 2.80. The van der Waals surface area contributed by atoms with E-state index in [1.165, 1.54) is 17.7 Å². The lowest BCUT2D eigenvalue weighted by molar-refractivity contribution is -0.384. The van der Waals surface area contributed by atoms with Gasteiger partial charge in [-0.25, -0.2) is 0 Å². The Kier molecular flexibility index (Phi) is 6.46. The van der Waals surface area contributed by atoms with Crippen molar-refractivity contribution in [3.05, 3.63) is 64.0 Å². The van der Waals surface area contributed by atoms with Gasteiger partial charge in [0.2, 0.25) is 0 Å². The van der Waals surface area contributed by atoms with Crippen molar-refractivity contribution in [1.82, 2.24) is 14.8 Å². The van der Waals surface area contributed by atoms with E-state index in [1.54, 1.807) is 18.5 Å². The van der Waals surface area contributed by atoms with Gasteiger partial charge in [-0.05, 0) is 42.5 Å². The number of piperazine rings is 1. The fraction of sp³-hybridized carbons (Fsp3) is 0.478. The Morgan fingerprint density at radius 1 is 1.06 bits per heavy atom. The monoisotopic (exact) mass is 423 g/mol. The first kappa shape index (κ1) is 21.2. The highest BCUT2D eigenvalue weighted by atomic mass is 16.6. The summed E-state index contributed by atoms with van der Waals surface area (Å²) in [5, 5.41) is 11.4. The topological polar surface area (TPSA) is 82.8 Å². The molecule has 8 nitrogen and oxygen atoms in total. The third-order valence-electron chi connectivity index (χ3n) is 6.36. The van der Waals surface area contributed by atoms with Gasteiger partial charge in [-0.3, -0.25) is 24.8 Å². The van der Waals surface area contributed by atoms with Crippen LogP contribution >= 0.6 is 0 Å².